The van der Waals surface area contributed by atoms with Gasteiger partial charge in [-0.1, -0.05) is 35.9 Å². The Balaban J connectivity index is 1.36. The third-order valence-electron chi connectivity index (χ3n) is 7.68. The fourth-order valence-corrected chi connectivity index (χ4v) is 5.70. The van der Waals surface area contributed by atoms with E-state index >= 15 is 0 Å². The Hall–Kier alpha value is -4.50. The Kier molecular flexibility index (Phi) is 7.28. The van der Waals surface area contributed by atoms with Gasteiger partial charge in [0.25, 0.3) is 5.56 Å². The predicted octanol–water partition coefficient (Wildman–Crippen LogP) is 4.46. The lowest BCUT2D eigenvalue weighted by molar-refractivity contribution is -0.131. The fraction of sp³-hybridized carbons (Fsp3) is 0.258. The van der Waals surface area contributed by atoms with Crippen molar-refractivity contribution in [3.63, 3.8) is 0 Å². The Morgan fingerprint density at radius 3 is 2.41 bits per heavy atom. The lowest BCUT2D eigenvalue weighted by atomic mass is 10.1. The molecule has 1 atom stereocenters. The van der Waals surface area contributed by atoms with Crippen molar-refractivity contribution in [2.24, 2.45) is 0 Å². The number of fused-ring (bicyclic) bond motifs is 1. The van der Waals surface area contributed by atoms with E-state index in [-0.39, 0.29) is 17.5 Å². The molecule has 1 unspecified atom stereocenters. The number of nitrogens with zero attached hydrogens (tertiary/aromatic N) is 7. The molecule has 1 aliphatic rings. The monoisotopic (exact) mass is 567 g/mol. The van der Waals surface area contributed by atoms with E-state index in [1.165, 1.54) is 0 Å². The molecular weight excluding hydrogens is 538 g/mol. The number of carbonyl (C=O) groups is 1. The quantitative estimate of drug-likeness (QED) is 0.301. The molecule has 208 valence electrons. The molecule has 0 N–H and O–H groups in total. The molecule has 0 spiro atoms. The van der Waals surface area contributed by atoms with Crippen molar-refractivity contribution in [2.45, 2.75) is 33.0 Å². The molecule has 0 bridgehead atoms. The maximum absolute atomic E-state index is 13.6. The molecular formula is C31H30ClN7O2. The lowest BCUT2D eigenvalue weighted by Gasteiger charge is -2.39. The van der Waals surface area contributed by atoms with Crippen molar-refractivity contribution in [2.75, 3.05) is 24.5 Å². The number of aromatic nitrogens is 5. The zero-order chi connectivity index (χ0) is 28.5. The number of benzene rings is 2. The van der Waals surface area contributed by atoms with E-state index in [1.807, 2.05) is 83.5 Å². The first-order valence-corrected chi connectivity index (χ1v) is 14.0. The van der Waals surface area contributed by atoms with E-state index < -0.39 is 0 Å². The van der Waals surface area contributed by atoms with Gasteiger partial charge in [-0.2, -0.15) is 0 Å². The molecule has 0 aliphatic carbocycles. The van der Waals surface area contributed by atoms with Crippen LogP contribution in [-0.4, -0.2) is 60.8 Å². The van der Waals surface area contributed by atoms with Gasteiger partial charge in [-0.3, -0.25) is 19.3 Å². The largest absolute Gasteiger partial charge is 0.337 e. The maximum Gasteiger partial charge on any atom is 0.274 e. The zero-order valence-corrected chi connectivity index (χ0v) is 23.7. The van der Waals surface area contributed by atoms with Gasteiger partial charge in [0.2, 0.25) is 11.9 Å². The molecule has 1 saturated heterocycles. The minimum absolute atomic E-state index is 0.0687. The van der Waals surface area contributed by atoms with Gasteiger partial charge in [-0.25, -0.2) is 14.6 Å². The standard InChI is InChI=1S/C31H30ClN7O2/c1-21-18-36(13-14-37(21)22(2)40)31-34-16-26(17-35-31)24-7-8-27-29(15-24)38(20-25-5-3-4-6-28(25)32)39(30(27)41)19-23-9-11-33-12-10-23/h3-12,15-17,21H,13-14,18-20H2,1-2H3. The van der Waals surface area contributed by atoms with Crippen LogP contribution in [0.2, 0.25) is 5.02 Å². The van der Waals surface area contributed by atoms with E-state index in [4.69, 9.17) is 11.6 Å². The molecule has 9 nitrogen and oxygen atoms in total. The smallest absolute Gasteiger partial charge is 0.274 e. The number of halogens is 1. The molecule has 10 heteroatoms. The number of amides is 1. The maximum atomic E-state index is 13.6. The van der Waals surface area contributed by atoms with Crippen molar-refractivity contribution >= 4 is 34.4 Å². The van der Waals surface area contributed by atoms with Gasteiger partial charge >= 0.3 is 0 Å². The van der Waals surface area contributed by atoms with Crippen molar-refractivity contribution in [1.82, 2.24) is 29.2 Å². The number of pyridine rings is 1. The minimum Gasteiger partial charge on any atom is -0.337 e. The summed E-state index contributed by atoms with van der Waals surface area (Å²) in [7, 11) is 0. The first kappa shape index (κ1) is 26.7. The highest BCUT2D eigenvalue weighted by molar-refractivity contribution is 6.31. The molecule has 1 amide bonds. The van der Waals surface area contributed by atoms with Gasteiger partial charge in [-0.05, 0) is 53.9 Å². The SMILES string of the molecule is CC(=O)N1CCN(c2ncc(-c3ccc4c(=O)n(Cc5ccncc5)n(Cc5ccccc5Cl)c4c3)cn2)CC1C. The van der Waals surface area contributed by atoms with Gasteiger partial charge in [0.1, 0.15) is 0 Å². The first-order valence-electron chi connectivity index (χ1n) is 13.6. The third-order valence-corrected chi connectivity index (χ3v) is 8.05. The van der Waals surface area contributed by atoms with E-state index in [0.717, 1.165) is 27.8 Å². The van der Waals surface area contributed by atoms with Gasteiger partial charge in [0.05, 0.1) is 24.0 Å². The van der Waals surface area contributed by atoms with Gasteiger partial charge in [0, 0.05) is 68.0 Å². The number of piperazine rings is 1. The Morgan fingerprint density at radius 2 is 1.71 bits per heavy atom. The third kappa shape index (κ3) is 5.32. The molecule has 41 heavy (non-hydrogen) atoms. The van der Waals surface area contributed by atoms with Crippen LogP contribution in [-0.2, 0) is 17.9 Å². The average molecular weight is 568 g/mol. The molecule has 1 aliphatic heterocycles. The normalized spacial score (nSPS) is 15.4. The second-order valence-electron chi connectivity index (χ2n) is 10.4. The molecule has 0 saturated carbocycles. The van der Waals surface area contributed by atoms with Crippen molar-refractivity contribution in [1.29, 1.82) is 0 Å². The summed E-state index contributed by atoms with van der Waals surface area (Å²) in [6.45, 7) is 6.52. The molecule has 2 aromatic carbocycles. The topological polar surface area (TPSA) is 89.2 Å². The summed E-state index contributed by atoms with van der Waals surface area (Å²) in [6, 6.07) is 17.4. The zero-order valence-electron chi connectivity index (χ0n) is 22.9. The highest BCUT2D eigenvalue weighted by Gasteiger charge is 2.26. The summed E-state index contributed by atoms with van der Waals surface area (Å²) >= 11 is 6.53. The highest BCUT2D eigenvalue weighted by atomic mass is 35.5. The highest BCUT2D eigenvalue weighted by Crippen LogP contribution is 2.26. The molecule has 4 heterocycles. The summed E-state index contributed by atoms with van der Waals surface area (Å²) in [6.07, 6.45) is 7.09. The van der Waals surface area contributed by atoms with E-state index in [0.29, 0.717) is 49.1 Å². The second-order valence-corrected chi connectivity index (χ2v) is 10.8. The average Bonchev–Trinajstić information content (AvgIpc) is 3.24. The molecule has 3 aromatic heterocycles. The summed E-state index contributed by atoms with van der Waals surface area (Å²) in [4.78, 5) is 42.9. The van der Waals surface area contributed by atoms with Crippen molar-refractivity contribution < 1.29 is 4.79 Å². The van der Waals surface area contributed by atoms with Crippen LogP contribution >= 0.6 is 11.6 Å². The predicted molar refractivity (Wildman–Crippen MR) is 160 cm³/mol. The summed E-state index contributed by atoms with van der Waals surface area (Å²) in [5, 5.41) is 1.28. The number of hydrogen-bond donors (Lipinski definition) is 0. The first-order chi connectivity index (χ1) is 19.9. The number of carbonyl (C=O) groups excluding carboxylic acids is 1. The van der Waals surface area contributed by atoms with Crippen LogP contribution in [0.15, 0.2) is 84.2 Å². The van der Waals surface area contributed by atoms with Crippen LogP contribution in [0.4, 0.5) is 5.95 Å². The van der Waals surface area contributed by atoms with Crippen LogP contribution in [0.5, 0.6) is 0 Å². The van der Waals surface area contributed by atoms with Crippen LogP contribution < -0.4 is 10.5 Å². The van der Waals surface area contributed by atoms with Crippen molar-refractivity contribution in [3.05, 3.63) is 106 Å². The summed E-state index contributed by atoms with van der Waals surface area (Å²) < 4.78 is 3.75. The Morgan fingerprint density at radius 1 is 0.951 bits per heavy atom. The van der Waals surface area contributed by atoms with Crippen LogP contribution in [0.3, 0.4) is 0 Å². The molecule has 5 aromatic rings. The molecule has 1 fully saturated rings. The Labute approximate surface area is 242 Å². The van der Waals surface area contributed by atoms with Gasteiger partial charge < -0.3 is 9.80 Å². The summed E-state index contributed by atoms with van der Waals surface area (Å²) in [5.74, 6) is 0.732. The van der Waals surface area contributed by atoms with Crippen LogP contribution in [0, 0.1) is 0 Å². The van der Waals surface area contributed by atoms with Crippen LogP contribution in [0.25, 0.3) is 22.0 Å². The fourth-order valence-electron chi connectivity index (χ4n) is 5.50. The van der Waals surface area contributed by atoms with E-state index in [1.54, 1.807) is 24.0 Å². The second kappa shape index (κ2) is 11.2. The van der Waals surface area contributed by atoms with E-state index in [9.17, 15) is 9.59 Å². The lowest BCUT2D eigenvalue weighted by Crippen LogP contribution is -2.53. The van der Waals surface area contributed by atoms with Gasteiger partial charge in [0.15, 0.2) is 0 Å². The summed E-state index contributed by atoms with van der Waals surface area (Å²) in [5.41, 5.74) is 4.40. The van der Waals surface area contributed by atoms with Crippen LogP contribution in [0.1, 0.15) is 25.0 Å². The van der Waals surface area contributed by atoms with Crippen molar-refractivity contribution in [3.8, 4) is 11.1 Å². The Bertz CT molecular complexity index is 1770. The molecule has 0 radical (unpaired) electrons. The minimum atomic E-state index is -0.0687. The number of hydrogen-bond acceptors (Lipinski definition) is 6. The van der Waals surface area contributed by atoms with Gasteiger partial charge in [-0.15, -0.1) is 0 Å². The van der Waals surface area contributed by atoms with E-state index in [2.05, 4.69) is 19.9 Å². The number of anilines is 1. The number of rotatable bonds is 6. The molecule has 6 rings (SSSR count).